The molecule has 1 rings (SSSR count). The Morgan fingerprint density at radius 2 is 2.14 bits per heavy atom. The molecule has 0 fully saturated rings. The predicted molar refractivity (Wildman–Crippen MR) is 55.2 cm³/mol. The van der Waals surface area contributed by atoms with Crippen molar-refractivity contribution in [2.24, 2.45) is 0 Å². The Kier molecular flexibility index (Phi) is 7.74. The first-order valence-electron chi connectivity index (χ1n) is 5.06. The molecule has 0 aliphatic rings. The van der Waals surface area contributed by atoms with E-state index in [-0.39, 0.29) is 20.4 Å². The average molecular weight is 365 g/mol. The standard InChI is InChI=1S/C11H19N2.Re/c1-3-5-6-7-8-13-10-9-12(4-2)11-13;/h4,9-11H,2-3,5-8H2,1H3;/q+1;. The normalized spacial score (nSPS) is 9.50. The second-order valence-corrected chi connectivity index (χ2v) is 3.34. The van der Waals surface area contributed by atoms with Gasteiger partial charge in [0.2, 0.25) is 6.33 Å². The molecular formula is C11H19N2Re+. The summed E-state index contributed by atoms with van der Waals surface area (Å²) in [7, 11) is 0. The van der Waals surface area contributed by atoms with E-state index in [1.54, 1.807) is 0 Å². The second-order valence-electron chi connectivity index (χ2n) is 3.34. The largest absolute Gasteiger partial charge is 0.248 e. The van der Waals surface area contributed by atoms with Crippen molar-refractivity contribution in [1.29, 1.82) is 0 Å². The Bertz CT molecular complexity index is 256. The summed E-state index contributed by atoms with van der Waals surface area (Å²) in [4.78, 5) is 0. The van der Waals surface area contributed by atoms with E-state index >= 15 is 0 Å². The molecule has 0 saturated heterocycles. The molecule has 3 heteroatoms. The molecule has 0 aromatic carbocycles. The Balaban J connectivity index is 0.00000169. The van der Waals surface area contributed by atoms with Crippen LogP contribution in [-0.4, -0.2) is 4.57 Å². The first kappa shape index (κ1) is 13.6. The average Bonchev–Trinajstić information content (AvgIpc) is 2.60. The van der Waals surface area contributed by atoms with Gasteiger partial charge in [-0.25, -0.2) is 9.13 Å². The molecule has 1 aromatic heterocycles. The van der Waals surface area contributed by atoms with Gasteiger partial charge in [0, 0.05) is 20.4 Å². The number of hydrogen-bond acceptors (Lipinski definition) is 0. The number of imidazole rings is 1. The molecule has 0 saturated carbocycles. The van der Waals surface area contributed by atoms with Crippen LogP contribution in [0.15, 0.2) is 25.3 Å². The zero-order chi connectivity index (χ0) is 9.52. The zero-order valence-corrected chi connectivity index (χ0v) is 11.5. The van der Waals surface area contributed by atoms with Gasteiger partial charge < -0.3 is 0 Å². The van der Waals surface area contributed by atoms with Crippen LogP contribution in [0.5, 0.6) is 0 Å². The maximum absolute atomic E-state index is 3.70. The molecule has 79 valence electrons. The number of aromatic nitrogens is 2. The van der Waals surface area contributed by atoms with Crippen molar-refractivity contribution < 1.29 is 25.0 Å². The van der Waals surface area contributed by atoms with Crippen molar-refractivity contribution in [3.8, 4) is 0 Å². The molecule has 0 N–H and O–H groups in total. The fraction of sp³-hybridized carbons (Fsp3) is 0.545. The molecule has 0 atom stereocenters. The maximum atomic E-state index is 3.70. The molecule has 1 heterocycles. The first-order chi connectivity index (χ1) is 6.36. The molecule has 14 heavy (non-hydrogen) atoms. The van der Waals surface area contributed by atoms with Crippen LogP contribution in [0.3, 0.4) is 0 Å². The topological polar surface area (TPSA) is 8.81 Å². The fourth-order valence-corrected chi connectivity index (χ4v) is 1.37. The van der Waals surface area contributed by atoms with Gasteiger partial charge in [0.25, 0.3) is 0 Å². The molecule has 1 aromatic rings. The van der Waals surface area contributed by atoms with Crippen molar-refractivity contribution in [1.82, 2.24) is 4.57 Å². The summed E-state index contributed by atoms with van der Waals surface area (Å²) in [5.74, 6) is 0. The third-order valence-electron chi connectivity index (χ3n) is 2.19. The third-order valence-corrected chi connectivity index (χ3v) is 2.19. The van der Waals surface area contributed by atoms with Crippen LogP contribution in [0.4, 0.5) is 0 Å². The number of unbranched alkanes of at least 4 members (excludes halogenated alkanes) is 3. The van der Waals surface area contributed by atoms with E-state index in [0.717, 1.165) is 6.54 Å². The van der Waals surface area contributed by atoms with Gasteiger partial charge in [0.15, 0.2) is 0 Å². The monoisotopic (exact) mass is 366 g/mol. The van der Waals surface area contributed by atoms with E-state index < -0.39 is 0 Å². The summed E-state index contributed by atoms with van der Waals surface area (Å²) in [6, 6.07) is 0. The minimum absolute atomic E-state index is 0. The van der Waals surface area contributed by atoms with Crippen LogP contribution in [0, 0.1) is 0 Å². The van der Waals surface area contributed by atoms with Crippen LogP contribution in [0.25, 0.3) is 6.20 Å². The molecular weight excluding hydrogens is 346 g/mol. The quantitative estimate of drug-likeness (QED) is 0.541. The van der Waals surface area contributed by atoms with Crippen LogP contribution >= 0.6 is 0 Å². The van der Waals surface area contributed by atoms with E-state index in [4.69, 9.17) is 0 Å². The summed E-state index contributed by atoms with van der Waals surface area (Å²) in [5.41, 5.74) is 0. The van der Waals surface area contributed by atoms with Crippen molar-refractivity contribution in [2.75, 3.05) is 0 Å². The molecule has 0 amide bonds. The van der Waals surface area contributed by atoms with Crippen LogP contribution in [0.1, 0.15) is 32.6 Å². The zero-order valence-electron chi connectivity index (χ0n) is 8.82. The number of nitrogens with zero attached hydrogens (tertiary/aromatic N) is 2. The molecule has 1 radical (unpaired) electrons. The summed E-state index contributed by atoms with van der Waals surface area (Å²) in [5, 5.41) is 0. The van der Waals surface area contributed by atoms with E-state index in [9.17, 15) is 0 Å². The SMILES string of the molecule is C=C[n+]1ccn(CCCCCC)c1.[Re]. The second kappa shape index (κ2) is 7.97. The number of aryl methyl sites for hydroxylation is 1. The maximum Gasteiger partial charge on any atom is 0.248 e. The third kappa shape index (κ3) is 4.74. The van der Waals surface area contributed by atoms with Gasteiger partial charge in [0.05, 0.1) is 12.7 Å². The molecule has 0 spiro atoms. The smallest absolute Gasteiger partial charge is 0.236 e. The minimum Gasteiger partial charge on any atom is -0.236 e. The van der Waals surface area contributed by atoms with Crippen molar-refractivity contribution >= 4 is 6.20 Å². The number of rotatable bonds is 6. The Hall–Kier alpha value is -0.388. The first-order valence-corrected chi connectivity index (χ1v) is 5.06. The Morgan fingerprint density at radius 1 is 1.36 bits per heavy atom. The molecule has 0 bridgehead atoms. The van der Waals surface area contributed by atoms with Gasteiger partial charge in [-0.2, -0.15) is 0 Å². The van der Waals surface area contributed by atoms with Crippen LogP contribution in [-0.2, 0) is 27.0 Å². The van der Waals surface area contributed by atoms with Gasteiger partial charge in [-0.05, 0) is 12.8 Å². The molecule has 0 unspecified atom stereocenters. The van der Waals surface area contributed by atoms with Gasteiger partial charge in [-0.1, -0.05) is 26.3 Å². The molecule has 2 nitrogen and oxygen atoms in total. The Labute approximate surface area is 100 Å². The summed E-state index contributed by atoms with van der Waals surface area (Å²) in [6.45, 7) is 7.07. The van der Waals surface area contributed by atoms with E-state index in [1.807, 2.05) is 17.0 Å². The van der Waals surface area contributed by atoms with Crippen LogP contribution in [0.2, 0.25) is 0 Å². The van der Waals surface area contributed by atoms with E-state index in [0.29, 0.717) is 0 Å². The number of hydrogen-bond donors (Lipinski definition) is 0. The van der Waals surface area contributed by atoms with Crippen molar-refractivity contribution in [3.63, 3.8) is 0 Å². The van der Waals surface area contributed by atoms with Crippen molar-refractivity contribution in [2.45, 2.75) is 39.2 Å². The molecule has 0 aliphatic heterocycles. The Morgan fingerprint density at radius 3 is 2.71 bits per heavy atom. The summed E-state index contributed by atoms with van der Waals surface area (Å²) < 4.78 is 4.18. The predicted octanol–water partition coefficient (Wildman–Crippen LogP) is 2.45. The van der Waals surface area contributed by atoms with Gasteiger partial charge in [-0.3, -0.25) is 0 Å². The van der Waals surface area contributed by atoms with Gasteiger partial charge in [0.1, 0.15) is 12.4 Å². The van der Waals surface area contributed by atoms with Crippen LogP contribution < -0.4 is 4.57 Å². The summed E-state index contributed by atoms with van der Waals surface area (Å²) >= 11 is 0. The molecule has 0 aliphatic carbocycles. The van der Waals surface area contributed by atoms with E-state index in [2.05, 4.69) is 30.6 Å². The van der Waals surface area contributed by atoms with Crippen molar-refractivity contribution in [3.05, 3.63) is 25.3 Å². The van der Waals surface area contributed by atoms with Gasteiger partial charge >= 0.3 is 0 Å². The minimum atomic E-state index is 0. The fourth-order valence-electron chi connectivity index (χ4n) is 1.37. The summed E-state index contributed by atoms with van der Waals surface area (Å²) in [6.07, 6.45) is 13.3. The van der Waals surface area contributed by atoms with E-state index in [1.165, 1.54) is 25.7 Å². The van der Waals surface area contributed by atoms with Gasteiger partial charge in [-0.15, -0.1) is 0 Å².